The first-order valence-electron chi connectivity index (χ1n) is 10.1. The number of hydrogen-bond acceptors (Lipinski definition) is 4. The minimum atomic E-state index is -3.16. The van der Waals surface area contributed by atoms with Crippen LogP contribution in [0.25, 0.3) is 0 Å². The number of benzene rings is 1. The number of amides is 2. The van der Waals surface area contributed by atoms with Gasteiger partial charge in [0.1, 0.15) is 0 Å². The number of carbonyl (C=O) groups is 2. The number of rotatable bonds is 7. The van der Waals surface area contributed by atoms with Gasteiger partial charge in [0.2, 0.25) is 21.8 Å². The van der Waals surface area contributed by atoms with Crippen LogP contribution in [0.4, 0.5) is 5.69 Å². The van der Waals surface area contributed by atoms with Crippen molar-refractivity contribution in [1.82, 2.24) is 9.62 Å². The van der Waals surface area contributed by atoms with Crippen molar-refractivity contribution in [2.45, 2.75) is 51.5 Å². The minimum Gasteiger partial charge on any atom is -0.353 e. The molecule has 2 saturated heterocycles. The normalized spacial score (nSPS) is 19.2. The van der Waals surface area contributed by atoms with Gasteiger partial charge < -0.3 is 10.2 Å². The van der Waals surface area contributed by atoms with E-state index >= 15 is 0 Å². The predicted octanol–water partition coefficient (Wildman–Crippen LogP) is 1.68. The van der Waals surface area contributed by atoms with Crippen LogP contribution in [0.2, 0.25) is 0 Å². The molecular formula is C20H29N3O4S. The highest BCUT2D eigenvalue weighted by Gasteiger charge is 2.28. The Labute approximate surface area is 167 Å². The zero-order chi connectivity index (χ0) is 20.1. The van der Waals surface area contributed by atoms with Crippen LogP contribution in [0, 0.1) is 0 Å². The van der Waals surface area contributed by atoms with Crippen LogP contribution < -0.4 is 10.2 Å². The largest absolute Gasteiger partial charge is 0.353 e. The lowest BCUT2D eigenvalue weighted by Crippen LogP contribution is -2.47. The first kappa shape index (κ1) is 20.8. The Kier molecular flexibility index (Phi) is 6.72. The molecule has 0 atom stereocenters. The van der Waals surface area contributed by atoms with Gasteiger partial charge in [-0.25, -0.2) is 12.7 Å². The van der Waals surface area contributed by atoms with E-state index in [1.165, 1.54) is 4.31 Å². The lowest BCUT2D eigenvalue weighted by Gasteiger charge is -2.31. The van der Waals surface area contributed by atoms with Gasteiger partial charge in [-0.2, -0.15) is 0 Å². The fourth-order valence-corrected chi connectivity index (χ4v) is 5.39. The molecule has 1 aromatic carbocycles. The number of hydrogen-bond donors (Lipinski definition) is 1. The van der Waals surface area contributed by atoms with E-state index in [9.17, 15) is 18.0 Å². The van der Waals surface area contributed by atoms with Crippen LogP contribution in [-0.4, -0.2) is 56.0 Å². The average molecular weight is 408 g/mol. The van der Waals surface area contributed by atoms with Gasteiger partial charge in [0.05, 0.1) is 12.2 Å². The molecule has 0 aromatic heterocycles. The summed E-state index contributed by atoms with van der Waals surface area (Å²) >= 11 is 0. The summed E-state index contributed by atoms with van der Waals surface area (Å²) in [7, 11) is -3.16. The van der Waals surface area contributed by atoms with E-state index in [1.807, 2.05) is 31.2 Å². The summed E-state index contributed by atoms with van der Waals surface area (Å²) in [5.74, 6) is 0.279. The van der Waals surface area contributed by atoms with Crippen molar-refractivity contribution < 1.29 is 18.0 Å². The summed E-state index contributed by atoms with van der Waals surface area (Å²) in [6.45, 7) is 3.54. The summed E-state index contributed by atoms with van der Waals surface area (Å²) in [4.78, 5) is 25.9. The number of carbonyl (C=O) groups excluding carboxylic acids is 2. The van der Waals surface area contributed by atoms with Gasteiger partial charge in [-0.15, -0.1) is 0 Å². The lowest BCUT2D eigenvalue weighted by molar-refractivity contribution is -0.121. The van der Waals surface area contributed by atoms with Crippen molar-refractivity contribution in [1.29, 1.82) is 0 Å². The Bertz CT molecular complexity index is 799. The highest BCUT2D eigenvalue weighted by atomic mass is 32.2. The highest BCUT2D eigenvalue weighted by Crippen LogP contribution is 2.22. The monoisotopic (exact) mass is 407 g/mol. The lowest BCUT2D eigenvalue weighted by atomic mass is 10.1. The molecule has 0 aliphatic carbocycles. The Morgan fingerprint density at radius 3 is 2.39 bits per heavy atom. The van der Waals surface area contributed by atoms with E-state index in [2.05, 4.69) is 5.32 Å². The van der Waals surface area contributed by atoms with Gasteiger partial charge in [0, 0.05) is 37.8 Å². The number of sulfonamides is 1. The Hall–Kier alpha value is -1.93. The molecule has 154 valence electrons. The van der Waals surface area contributed by atoms with Crippen LogP contribution in [0.15, 0.2) is 24.3 Å². The van der Waals surface area contributed by atoms with Crippen molar-refractivity contribution >= 4 is 27.5 Å². The summed E-state index contributed by atoms with van der Waals surface area (Å²) in [5, 5.41) is 3.02. The molecule has 0 bridgehead atoms. The van der Waals surface area contributed by atoms with Crippen molar-refractivity contribution in [2.24, 2.45) is 0 Å². The second-order valence-electron chi connectivity index (χ2n) is 7.55. The fourth-order valence-electron chi connectivity index (χ4n) is 3.84. The topological polar surface area (TPSA) is 86.8 Å². The molecule has 2 aliphatic rings. The molecule has 0 saturated carbocycles. The molecule has 2 aliphatic heterocycles. The molecule has 3 rings (SSSR count). The molecule has 0 unspecified atom stereocenters. The zero-order valence-corrected chi connectivity index (χ0v) is 17.2. The fraction of sp³-hybridized carbons (Fsp3) is 0.600. The van der Waals surface area contributed by atoms with E-state index in [4.69, 9.17) is 0 Å². The second-order valence-corrected chi connectivity index (χ2v) is 9.64. The van der Waals surface area contributed by atoms with Crippen molar-refractivity contribution in [3.05, 3.63) is 29.8 Å². The number of nitrogens with one attached hydrogen (secondary N) is 1. The average Bonchev–Trinajstić information content (AvgIpc) is 3.09. The smallest absolute Gasteiger partial charge is 0.227 e. The van der Waals surface area contributed by atoms with E-state index in [-0.39, 0.29) is 30.0 Å². The van der Waals surface area contributed by atoms with Crippen molar-refractivity contribution in [2.75, 3.05) is 30.3 Å². The van der Waals surface area contributed by atoms with Gasteiger partial charge >= 0.3 is 0 Å². The van der Waals surface area contributed by atoms with Gasteiger partial charge in [0.25, 0.3) is 0 Å². The molecule has 8 heteroatoms. The molecule has 0 spiro atoms. The van der Waals surface area contributed by atoms with Gasteiger partial charge in [-0.05, 0) is 43.4 Å². The maximum Gasteiger partial charge on any atom is 0.227 e. The Morgan fingerprint density at radius 1 is 1.14 bits per heavy atom. The van der Waals surface area contributed by atoms with E-state index in [0.29, 0.717) is 38.8 Å². The molecule has 2 amide bonds. The van der Waals surface area contributed by atoms with Crippen LogP contribution in [0.3, 0.4) is 0 Å². The van der Waals surface area contributed by atoms with Crippen LogP contribution in [0.5, 0.6) is 0 Å². The molecule has 2 fully saturated rings. The third-order valence-electron chi connectivity index (χ3n) is 5.36. The molecule has 1 aromatic rings. The molecule has 1 N–H and O–H groups in total. The predicted molar refractivity (Wildman–Crippen MR) is 109 cm³/mol. The molecular weight excluding hydrogens is 378 g/mol. The van der Waals surface area contributed by atoms with Gasteiger partial charge in [-0.3, -0.25) is 9.59 Å². The standard InChI is InChI=1S/C20H29N3O4S/c1-2-14-28(26,27)22-12-9-17(10-13-22)21-19(24)15-16-5-7-18(8-6-16)23-11-3-4-20(23)25/h5-8,17H,2-4,9-15H2,1H3,(H,21,24). The third kappa shape index (κ3) is 5.11. The van der Waals surface area contributed by atoms with E-state index in [0.717, 1.165) is 24.2 Å². The number of nitrogens with zero attached hydrogens (tertiary/aromatic N) is 2. The van der Waals surface area contributed by atoms with Crippen LogP contribution in [0.1, 0.15) is 44.6 Å². The first-order chi connectivity index (χ1) is 13.4. The SMILES string of the molecule is CCCS(=O)(=O)N1CCC(NC(=O)Cc2ccc(N3CCCC3=O)cc2)CC1. The second kappa shape index (κ2) is 9.05. The maximum atomic E-state index is 12.3. The highest BCUT2D eigenvalue weighted by molar-refractivity contribution is 7.89. The summed E-state index contributed by atoms with van der Waals surface area (Å²) in [6.07, 6.45) is 3.67. The molecule has 2 heterocycles. The molecule has 0 radical (unpaired) electrons. The number of piperidine rings is 1. The van der Waals surface area contributed by atoms with E-state index in [1.54, 1.807) is 4.90 Å². The van der Waals surface area contributed by atoms with E-state index < -0.39 is 10.0 Å². The summed E-state index contributed by atoms with van der Waals surface area (Å²) in [5.41, 5.74) is 1.78. The molecule has 7 nitrogen and oxygen atoms in total. The summed E-state index contributed by atoms with van der Waals surface area (Å²) < 4.78 is 25.8. The minimum absolute atomic E-state index is 0.0158. The Morgan fingerprint density at radius 2 is 1.82 bits per heavy atom. The Balaban J connectivity index is 1.46. The first-order valence-corrected chi connectivity index (χ1v) is 11.7. The van der Waals surface area contributed by atoms with Crippen LogP contribution >= 0.6 is 0 Å². The van der Waals surface area contributed by atoms with Gasteiger partial charge in [0.15, 0.2) is 0 Å². The maximum absolute atomic E-state index is 12.3. The van der Waals surface area contributed by atoms with Crippen molar-refractivity contribution in [3.63, 3.8) is 0 Å². The zero-order valence-electron chi connectivity index (χ0n) is 16.4. The summed E-state index contributed by atoms with van der Waals surface area (Å²) in [6, 6.07) is 7.58. The third-order valence-corrected chi connectivity index (χ3v) is 7.44. The quantitative estimate of drug-likeness (QED) is 0.745. The number of anilines is 1. The van der Waals surface area contributed by atoms with Crippen molar-refractivity contribution in [3.8, 4) is 0 Å². The van der Waals surface area contributed by atoms with Gasteiger partial charge in [-0.1, -0.05) is 19.1 Å². The van der Waals surface area contributed by atoms with Crippen LogP contribution in [-0.2, 0) is 26.0 Å². The molecule has 28 heavy (non-hydrogen) atoms.